The van der Waals surface area contributed by atoms with E-state index < -0.39 is 181 Å². The Hall–Kier alpha value is -6.50. The van der Waals surface area contributed by atoms with E-state index >= 15 is 0 Å². The van der Waals surface area contributed by atoms with Gasteiger partial charge in [-0.1, -0.05) is 169 Å². The maximum atomic E-state index is 10.2. The molecule has 0 fully saturated rings. The van der Waals surface area contributed by atoms with Gasteiger partial charge >= 0.3 is 0 Å². The molecule has 0 radical (unpaired) electrons. The number of benzene rings is 10. The third-order valence-corrected chi connectivity index (χ3v) is 8.75. The minimum Gasteiger partial charge on any atom is -0.0616 e. The number of hydrogen-bond donors (Lipinski definition) is 0. The van der Waals surface area contributed by atoms with E-state index in [1.165, 1.54) is 0 Å². The van der Waals surface area contributed by atoms with Gasteiger partial charge in [-0.15, -0.1) is 0 Å². The van der Waals surface area contributed by atoms with Crippen molar-refractivity contribution in [3.05, 3.63) is 194 Å². The number of hydrogen-bond acceptors (Lipinski definition) is 0. The van der Waals surface area contributed by atoms with Gasteiger partial charge in [-0.3, -0.25) is 0 Å². The molecular formula is C50H32. The lowest BCUT2D eigenvalue weighted by Crippen LogP contribution is -1.92. The molecule has 0 aliphatic rings. The third kappa shape index (κ3) is 4.69. The number of fused-ring (bicyclic) bond motifs is 5. The Balaban J connectivity index is 1.51. The molecule has 0 aliphatic heterocycles. The van der Waals surface area contributed by atoms with Crippen molar-refractivity contribution in [1.29, 1.82) is 0 Å². The Morgan fingerprint density at radius 3 is 1.62 bits per heavy atom. The Bertz CT molecular complexity index is 4120. The highest BCUT2D eigenvalue weighted by Crippen LogP contribution is 2.46. The first-order valence-corrected chi connectivity index (χ1v) is 15.6. The molecule has 0 N–H and O–H groups in total. The lowest BCUT2D eigenvalue weighted by molar-refractivity contribution is 1.63. The summed E-state index contributed by atoms with van der Waals surface area (Å²) in [7, 11) is 0. The summed E-state index contributed by atoms with van der Waals surface area (Å²) < 4.78 is 191. The molecule has 0 heteroatoms. The van der Waals surface area contributed by atoms with Crippen molar-refractivity contribution in [1.82, 2.24) is 0 Å². The van der Waals surface area contributed by atoms with Crippen molar-refractivity contribution in [2.75, 3.05) is 0 Å². The summed E-state index contributed by atoms with van der Waals surface area (Å²) in [4.78, 5) is 0. The fraction of sp³-hybridized carbons (Fsp3) is 0. The van der Waals surface area contributed by atoms with Crippen molar-refractivity contribution in [2.24, 2.45) is 0 Å². The average Bonchev–Trinajstić information content (AvgIpc) is 3.36. The highest BCUT2D eigenvalue weighted by molar-refractivity contribution is 6.22. The summed E-state index contributed by atoms with van der Waals surface area (Å²) >= 11 is 0. The van der Waals surface area contributed by atoms with E-state index in [1.54, 1.807) is 24.3 Å². The summed E-state index contributed by atoms with van der Waals surface area (Å²) in [5.74, 6) is 0. The van der Waals surface area contributed by atoms with E-state index in [4.69, 9.17) is 15.1 Å². The van der Waals surface area contributed by atoms with Crippen LogP contribution in [0.2, 0.25) is 0 Å². The van der Waals surface area contributed by atoms with E-state index in [-0.39, 0.29) is 21.9 Å². The summed E-state index contributed by atoms with van der Waals surface area (Å²) in [6.45, 7) is 0. The molecule has 10 rings (SSSR count). The minimum atomic E-state index is -0.896. The van der Waals surface area contributed by atoms with Crippen LogP contribution in [-0.2, 0) is 0 Å². The van der Waals surface area contributed by atoms with Gasteiger partial charge < -0.3 is 0 Å². The molecule has 232 valence electrons. The maximum Gasteiger partial charge on any atom is 0.0636 e. The fourth-order valence-electron chi connectivity index (χ4n) is 6.51. The maximum absolute atomic E-state index is 10.2. The average molecular weight is 654 g/mol. The van der Waals surface area contributed by atoms with Crippen molar-refractivity contribution in [2.45, 2.75) is 0 Å². The van der Waals surface area contributed by atoms with Gasteiger partial charge in [0, 0.05) is 0 Å². The Morgan fingerprint density at radius 2 is 0.840 bits per heavy atom. The summed E-state index contributed by atoms with van der Waals surface area (Å²) in [5, 5.41) is -1.85. The molecule has 0 unspecified atom stereocenters. The lowest BCUT2D eigenvalue weighted by Gasteiger charge is -2.19. The predicted molar refractivity (Wildman–Crippen MR) is 216 cm³/mol. The van der Waals surface area contributed by atoms with Crippen LogP contribution in [-0.4, -0.2) is 0 Å². The first-order valence-electron chi connectivity index (χ1n) is 26.1. The van der Waals surface area contributed by atoms with E-state index in [0.717, 1.165) is 16.3 Å². The van der Waals surface area contributed by atoms with Crippen LogP contribution in [0.1, 0.15) is 28.8 Å². The van der Waals surface area contributed by atoms with Gasteiger partial charge in [0.15, 0.2) is 0 Å². The van der Waals surface area contributed by atoms with Gasteiger partial charge in [0.05, 0.1) is 28.8 Å². The van der Waals surface area contributed by atoms with Crippen LogP contribution in [0, 0.1) is 0 Å². The smallest absolute Gasteiger partial charge is 0.0616 e. The second-order valence-corrected chi connectivity index (χ2v) is 11.6. The van der Waals surface area contributed by atoms with Crippen LogP contribution in [0.25, 0.3) is 98.4 Å². The van der Waals surface area contributed by atoms with E-state index in [0.29, 0.717) is 5.56 Å². The lowest BCUT2D eigenvalue weighted by atomic mass is 9.84. The normalized spacial score (nSPS) is 17.5. The highest BCUT2D eigenvalue weighted by atomic mass is 14.2. The quantitative estimate of drug-likeness (QED) is 0.166. The van der Waals surface area contributed by atoms with Gasteiger partial charge in [-0.25, -0.2) is 0 Å². The Kier molecular flexibility index (Phi) is 3.37. The molecule has 0 atom stereocenters. The molecule has 0 saturated carbocycles. The second kappa shape index (κ2) is 11.6. The topological polar surface area (TPSA) is 0 Å². The third-order valence-electron chi connectivity index (χ3n) is 8.75. The second-order valence-electron chi connectivity index (χ2n) is 11.6. The molecule has 10 aromatic rings. The molecule has 0 saturated heterocycles. The van der Waals surface area contributed by atoms with Crippen LogP contribution in [0.5, 0.6) is 0 Å². The standard InChI is InChI=1S/C50H32/c1-3-14-36-29-38(25-23-33(36)11-1)39-27-28-47-48(32-39)50(41-18-9-17-40(31-41)44-22-10-16-35-13-5-6-19-43(35)44)46-21-8-7-20-45(46)49(47)42-26-24-34-12-2-4-15-37(34)30-42/h1-32H/i1D,2D,3D,4D,7D,8D,11D,12D,14D,15D,20D,21D,23D,24D,25D,26D,27D,28D,29D,30D,32D. The van der Waals surface area contributed by atoms with Gasteiger partial charge in [-0.05, 0) is 123 Å². The summed E-state index contributed by atoms with van der Waals surface area (Å²) in [6, 6.07) is 3.64. The summed E-state index contributed by atoms with van der Waals surface area (Å²) in [6.07, 6.45) is 0. The molecule has 50 heavy (non-hydrogen) atoms. The molecule has 0 amide bonds. The Morgan fingerprint density at radius 1 is 0.300 bits per heavy atom. The van der Waals surface area contributed by atoms with Crippen molar-refractivity contribution in [3.63, 3.8) is 0 Å². The van der Waals surface area contributed by atoms with Crippen LogP contribution in [0.15, 0.2) is 194 Å². The highest BCUT2D eigenvalue weighted by Gasteiger charge is 2.18. The minimum absolute atomic E-state index is 0.133. The largest absolute Gasteiger partial charge is 0.0636 e. The first kappa shape index (κ1) is 14.5. The van der Waals surface area contributed by atoms with Crippen molar-refractivity contribution in [3.8, 4) is 44.5 Å². The number of rotatable bonds is 4. The molecule has 0 aromatic heterocycles. The summed E-state index contributed by atoms with van der Waals surface area (Å²) in [5.41, 5.74) is -1.02. The molecule has 0 heterocycles. The van der Waals surface area contributed by atoms with Crippen LogP contribution in [0.3, 0.4) is 0 Å². The molecule has 0 aliphatic carbocycles. The molecule has 0 nitrogen and oxygen atoms in total. The zero-order chi connectivity index (χ0) is 51.3. The van der Waals surface area contributed by atoms with Crippen LogP contribution in [0.4, 0.5) is 0 Å². The first-order chi connectivity index (χ1) is 33.6. The zero-order valence-electron chi connectivity index (χ0n) is 46.9. The monoisotopic (exact) mass is 653 g/mol. The van der Waals surface area contributed by atoms with Gasteiger partial charge in [-0.2, -0.15) is 0 Å². The fourth-order valence-corrected chi connectivity index (χ4v) is 6.51. The van der Waals surface area contributed by atoms with Crippen LogP contribution >= 0.6 is 0 Å². The molecule has 10 aromatic carbocycles. The van der Waals surface area contributed by atoms with E-state index in [9.17, 15) is 13.7 Å². The SMILES string of the molecule is [2H]c1c([2H])c([2H])c2c([2H])c(-c3c([2H])c([2H])c4c(-c5c([2H])c([2H])c6c([2H])c([2H])c([2H])c([2H])c6c5[2H])c5c([2H])c([2H])c([2H])c([2H])c5c(-c5cccc(-c6cccc7ccccc67)c5)c4c3[2H])c([2H])c([2H])c2c1[2H]. The van der Waals surface area contributed by atoms with Gasteiger partial charge in [0.25, 0.3) is 0 Å². The predicted octanol–water partition coefficient (Wildman–Crippen LogP) is 14.1. The van der Waals surface area contributed by atoms with Gasteiger partial charge in [0.2, 0.25) is 0 Å². The molecule has 0 spiro atoms. The van der Waals surface area contributed by atoms with Crippen molar-refractivity contribution < 1.29 is 28.8 Å². The zero-order valence-corrected chi connectivity index (χ0v) is 25.9. The molecule has 0 bridgehead atoms. The van der Waals surface area contributed by atoms with E-state index in [1.807, 2.05) is 42.5 Å². The van der Waals surface area contributed by atoms with Gasteiger partial charge in [0.1, 0.15) is 0 Å². The molecular weight excluding hydrogens is 601 g/mol. The van der Waals surface area contributed by atoms with Crippen LogP contribution < -0.4 is 0 Å². The van der Waals surface area contributed by atoms with E-state index in [2.05, 4.69) is 0 Å². The Labute approximate surface area is 321 Å². The van der Waals surface area contributed by atoms with Crippen molar-refractivity contribution >= 4 is 53.9 Å².